The first kappa shape index (κ1) is 12.8. The van der Waals surface area contributed by atoms with Gasteiger partial charge in [-0.3, -0.25) is 0 Å². The summed E-state index contributed by atoms with van der Waals surface area (Å²) in [4.78, 5) is 0. The summed E-state index contributed by atoms with van der Waals surface area (Å²) in [5.41, 5.74) is 0.671. The molecule has 0 amide bonds. The molecule has 1 aromatic rings. The van der Waals surface area contributed by atoms with Crippen molar-refractivity contribution in [3.63, 3.8) is 0 Å². The zero-order chi connectivity index (χ0) is 12.0. The van der Waals surface area contributed by atoms with Crippen LogP contribution in [0.25, 0.3) is 0 Å². The molecule has 86 valence electrons. The van der Waals surface area contributed by atoms with Crippen molar-refractivity contribution in [3.8, 4) is 11.8 Å². The molecule has 0 aromatic heterocycles. The van der Waals surface area contributed by atoms with Crippen molar-refractivity contribution in [2.24, 2.45) is 0 Å². The van der Waals surface area contributed by atoms with Crippen LogP contribution in [0.4, 0.5) is 0 Å². The number of nitriles is 1. The van der Waals surface area contributed by atoms with E-state index in [2.05, 4.69) is 0 Å². The molecular formula is C12H14ClNO2. The maximum atomic E-state index is 9.54. The number of rotatable bonds is 5. The van der Waals surface area contributed by atoms with Gasteiger partial charge in [0, 0.05) is 17.0 Å². The minimum atomic E-state index is -0.621. The van der Waals surface area contributed by atoms with Crippen LogP contribution in [0.3, 0.4) is 0 Å². The van der Waals surface area contributed by atoms with Crippen molar-refractivity contribution in [1.29, 1.82) is 5.26 Å². The first-order valence-corrected chi connectivity index (χ1v) is 5.50. The van der Waals surface area contributed by atoms with Gasteiger partial charge in [-0.25, -0.2) is 0 Å². The molecule has 0 saturated heterocycles. The number of hydrogen-bond acceptors (Lipinski definition) is 3. The number of aliphatic hydroxyl groups is 1. The van der Waals surface area contributed by atoms with Gasteiger partial charge in [0.25, 0.3) is 0 Å². The summed E-state index contributed by atoms with van der Waals surface area (Å²) in [6.45, 7) is 2.13. The number of ether oxygens (including phenoxy) is 1. The lowest BCUT2D eigenvalue weighted by molar-refractivity contribution is 0.191. The lowest BCUT2D eigenvalue weighted by atomic mass is 10.1. The van der Waals surface area contributed by atoms with E-state index in [4.69, 9.17) is 21.6 Å². The van der Waals surface area contributed by atoms with Crippen molar-refractivity contribution >= 4 is 11.6 Å². The Labute approximate surface area is 100 Å². The average molecular weight is 240 g/mol. The number of hydrogen-bond donors (Lipinski definition) is 1. The Balaban J connectivity index is 2.68. The van der Waals surface area contributed by atoms with Crippen molar-refractivity contribution in [2.75, 3.05) is 6.61 Å². The molecule has 1 atom stereocenters. The van der Waals surface area contributed by atoms with Crippen molar-refractivity contribution in [3.05, 3.63) is 28.8 Å². The van der Waals surface area contributed by atoms with Gasteiger partial charge in [0.2, 0.25) is 0 Å². The second-order valence-corrected chi connectivity index (χ2v) is 3.90. The average Bonchev–Trinajstić information content (AvgIpc) is 2.26. The zero-order valence-electron chi connectivity index (χ0n) is 9.11. The molecular weight excluding hydrogens is 226 g/mol. The van der Waals surface area contributed by atoms with E-state index >= 15 is 0 Å². The third-order valence-electron chi connectivity index (χ3n) is 2.11. The first-order chi connectivity index (χ1) is 7.65. The summed E-state index contributed by atoms with van der Waals surface area (Å²) < 4.78 is 5.49. The summed E-state index contributed by atoms with van der Waals surface area (Å²) in [7, 11) is 0. The molecule has 0 bridgehead atoms. The van der Waals surface area contributed by atoms with Crippen LogP contribution in [-0.2, 0) is 0 Å². The van der Waals surface area contributed by atoms with E-state index in [1.54, 1.807) is 25.1 Å². The summed E-state index contributed by atoms with van der Waals surface area (Å²) in [5, 5.41) is 18.5. The van der Waals surface area contributed by atoms with E-state index in [-0.39, 0.29) is 0 Å². The van der Waals surface area contributed by atoms with Gasteiger partial charge in [0.05, 0.1) is 18.8 Å². The largest absolute Gasteiger partial charge is 0.493 e. The lowest BCUT2D eigenvalue weighted by Crippen LogP contribution is -2.02. The van der Waals surface area contributed by atoms with E-state index in [1.807, 2.05) is 6.07 Å². The van der Waals surface area contributed by atoms with Crippen molar-refractivity contribution in [1.82, 2.24) is 0 Å². The minimum Gasteiger partial charge on any atom is -0.493 e. The maximum Gasteiger partial charge on any atom is 0.125 e. The van der Waals surface area contributed by atoms with E-state index in [0.717, 1.165) is 0 Å². The molecule has 3 nitrogen and oxygen atoms in total. The Bertz CT molecular complexity index is 385. The van der Waals surface area contributed by atoms with E-state index < -0.39 is 6.10 Å². The Hall–Kier alpha value is -1.24. The van der Waals surface area contributed by atoms with Gasteiger partial charge < -0.3 is 9.84 Å². The van der Waals surface area contributed by atoms with Gasteiger partial charge in [0.1, 0.15) is 5.75 Å². The summed E-state index contributed by atoms with van der Waals surface area (Å²) in [5.74, 6) is 0.623. The molecule has 0 aliphatic heterocycles. The third-order valence-corrected chi connectivity index (χ3v) is 2.35. The molecule has 1 aromatic carbocycles. The van der Waals surface area contributed by atoms with Crippen LogP contribution in [0.1, 0.15) is 31.4 Å². The molecule has 4 heteroatoms. The van der Waals surface area contributed by atoms with Crippen LogP contribution in [-0.4, -0.2) is 11.7 Å². The molecule has 0 saturated carbocycles. The Morgan fingerprint density at radius 1 is 1.56 bits per heavy atom. The van der Waals surface area contributed by atoms with E-state index in [1.165, 1.54) is 0 Å². The first-order valence-electron chi connectivity index (χ1n) is 5.12. The number of nitrogens with zero attached hydrogens (tertiary/aromatic N) is 1. The van der Waals surface area contributed by atoms with Gasteiger partial charge in [-0.2, -0.15) is 5.26 Å². The van der Waals surface area contributed by atoms with Crippen LogP contribution < -0.4 is 4.74 Å². The SMILES string of the molecule is CC(O)c1cc(Cl)ccc1OCCCC#N. The molecule has 0 radical (unpaired) electrons. The predicted molar refractivity (Wildman–Crippen MR) is 62.4 cm³/mol. The minimum absolute atomic E-state index is 0.467. The standard InChI is InChI=1S/C12H14ClNO2/c1-9(15)11-8-10(13)4-5-12(11)16-7-3-2-6-14/h4-5,8-9,15H,2-3,7H2,1H3. The maximum absolute atomic E-state index is 9.54. The Morgan fingerprint density at radius 2 is 2.31 bits per heavy atom. The van der Waals surface area contributed by atoms with Crippen LogP contribution in [0.5, 0.6) is 5.75 Å². The van der Waals surface area contributed by atoms with Gasteiger partial charge in [0.15, 0.2) is 0 Å². The number of aliphatic hydroxyl groups excluding tert-OH is 1. The zero-order valence-corrected chi connectivity index (χ0v) is 9.87. The van der Waals surface area contributed by atoms with E-state index in [9.17, 15) is 5.11 Å². The molecule has 0 aliphatic rings. The predicted octanol–water partition coefficient (Wildman–Crippen LogP) is 3.08. The fraction of sp³-hybridized carbons (Fsp3) is 0.417. The topological polar surface area (TPSA) is 53.2 Å². The molecule has 0 spiro atoms. The molecule has 1 unspecified atom stereocenters. The Morgan fingerprint density at radius 3 is 2.94 bits per heavy atom. The van der Waals surface area contributed by atoms with Gasteiger partial charge in [-0.05, 0) is 31.5 Å². The molecule has 1 rings (SSSR count). The normalized spacial score (nSPS) is 11.9. The van der Waals surface area contributed by atoms with Crippen molar-refractivity contribution < 1.29 is 9.84 Å². The second-order valence-electron chi connectivity index (χ2n) is 3.47. The van der Waals surface area contributed by atoms with E-state index in [0.29, 0.717) is 35.8 Å². The highest BCUT2D eigenvalue weighted by Gasteiger charge is 2.09. The van der Waals surface area contributed by atoms with Crippen LogP contribution >= 0.6 is 11.6 Å². The lowest BCUT2D eigenvalue weighted by Gasteiger charge is -2.13. The monoisotopic (exact) mass is 239 g/mol. The summed E-state index contributed by atoms with van der Waals surface area (Å²) in [6.07, 6.45) is 0.528. The summed E-state index contributed by atoms with van der Waals surface area (Å²) >= 11 is 5.83. The molecule has 0 fully saturated rings. The van der Waals surface area contributed by atoms with Gasteiger partial charge in [-0.1, -0.05) is 11.6 Å². The van der Waals surface area contributed by atoms with Gasteiger partial charge in [-0.15, -0.1) is 0 Å². The number of halogens is 1. The summed E-state index contributed by atoms with van der Waals surface area (Å²) in [6, 6.07) is 7.18. The fourth-order valence-electron chi connectivity index (χ4n) is 1.31. The van der Waals surface area contributed by atoms with Crippen LogP contribution in [0.2, 0.25) is 5.02 Å². The highest BCUT2D eigenvalue weighted by Crippen LogP contribution is 2.28. The Kier molecular flexibility index (Phi) is 5.10. The smallest absolute Gasteiger partial charge is 0.125 e. The molecule has 1 N–H and O–H groups in total. The van der Waals surface area contributed by atoms with Crippen LogP contribution in [0, 0.1) is 11.3 Å². The van der Waals surface area contributed by atoms with Crippen molar-refractivity contribution in [2.45, 2.75) is 25.9 Å². The molecule has 16 heavy (non-hydrogen) atoms. The third kappa shape index (κ3) is 3.73. The number of benzene rings is 1. The number of unbranched alkanes of at least 4 members (excludes halogenated alkanes) is 1. The fourth-order valence-corrected chi connectivity index (χ4v) is 1.49. The quantitative estimate of drug-likeness (QED) is 0.804. The molecule has 0 heterocycles. The highest BCUT2D eigenvalue weighted by molar-refractivity contribution is 6.30. The van der Waals surface area contributed by atoms with Gasteiger partial charge >= 0.3 is 0 Å². The highest BCUT2D eigenvalue weighted by atomic mass is 35.5. The van der Waals surface area contributed by atoms with Crippen LogP contribution in [0.15, 0.2) is 18.2 Å². The second kappa shape index (κ2) is 6.37. The molecule has 0 aliphatic carbocycles.